The van der Waals surface area contributed by atoms with E-state index >= 15 is 0 Å². The predicted molar refractivity (Wildman–Crippen MR) is 79.9 cm³/mol. The summed E-state index contributed by atoms with van der Waals surface area (Å²) in [7, 11) is 0. The van der Waals surface area contributed by atoms with Gasteiger partial charge in [-0.3, -0.25) is 0 Å². The van der Waals surface area contributed by atoms with Gasteiger partial charge >= 0.3 is 0 Å². The van der Waals surface area contributed by atoms with Crippen molar-refractivity contribution in [2.45, 2.75) is 46.0 Å². The summed E-state index contributed by atoms with van der Waals surface area (Å²) in [4.78, 5) is 0. The summed E-state index contributed by atoms with van der Waals surface area (Å²) in [5.41, 5.74) is 3.02. The van der Waals surface area contributed by atoms with Crippen molar-refractivity contribution < 1.29 is 4.74 Å². The van der Waals surface area contributed by atoms with Crippen molar-refractivity contribution in [1.82, 2.24) is 0 Å². The van der Waals surface area contributed by atoms with Gasteiger partial charge in [0.15, 0.2) is 0 Å². The molecule has 1 saturated carbocycles. The molecule has 1 aliphatic carbocycles. The molecule has 1 aliphatic heterocycles. The van der Waals surface area contributed by atoms with Crippen LogP contribution in [0.5, 0.6) is 5.75 Å². The second-order valence-electron chi connectivity index (χ2n) is 6.77. The fraction of sp³-hybridized carbons (Fsp3) is 0.647. The zero-order valence-electron chi connectivity index (χ0n) is 12.2. The van der Waals surface area contributed by atoms with Gasteiger partial charge in [-0.1, -0.05) is 32.4 Å². The first-order valence-corrected chi connectivity index (χ1v) is 7.65. The Hall–Kier alpha value is -1.18. The van der Waals surface area contributed by atoms with E-state index in [0.717, 1.165) is 24.8 Å². The second-order valence-corrected chi connectivity index (χ2v) is 6.77. The first kappa shape index (κ1) is 12.8. The summed E-state index contributed by atoms with van der Waals surface area (Å²) in [6, 6.07) is 6.45. The highest BCUT2D eigenvalue weighted by molar-refractivity contribution is 5.63. The summed E-state index contributed by atoms with van der Waals surface area (Å²) in [5, 5.41) is 3.50. The summed E-state index contributed by atoms with van der Waals surface area (Å²) in [5.74, 6) is 1.91. The lowest BCUT2D eigenvalue weighted by Gasteiger charge is -2.26. The third-order valence-electron chi connectivity index (χ3n) is 4.70. The van der Waals surface area contributed by atoms with Crippen LogP contribution in [0, 0.1) is 11.3 Å². The fourth-order valence-corrected chi connectivity index (χ4v) is 3.62. The summed E-state index contributed by atoms with van der Waals surface area (Å²) >= 11 is 0. The molecule has 0 bridgehead atoms. The Morgan fingerprint density at radius 2 is 2.32 bits per heavy atom. The number of hydrogen-bond acceptors (Lipinski definition) is 2. The Morgan fingerprint density at radius 3 is 3.11 bits per heavy atom. The van der Waals surface area contributed by atoms with Gasteiger partial charge in [-0.25, -0.2) is 0 Å². The highest BCUT2D eigenvalue weighted by atomic mass is 16.5. The molecular weight excluding hydrogens is 234 g/mol. The Labute approximate surface area is 116 Å². The lowest BCUT2D eigenvalue weighted by atomic mass is 9.89. The van der Waals surface area contributed by atoms with Gasteiger partial charge in [-0.15, -0.1) is 0 Å². The molecule has 2 unspecified atom stereocenters. The number of fused-ring (bicyclic) bond motifs is 1. The number of aryl methyl sites for hydroxylation is 1. The van der Waals surface area contributed by atoms with E-state index in [-0.39, 0.29) is 0 Å². The van der Waals surface area contributed by atoms with Crippen molar-refractivity contribution >= 4 is 5.69 Å². The minimum absolute atomic E-state index is 0.372. The number of anilines is 1. The van der Waals surface area contributed by atoms with E-state index in [4.69, 9.17) is 4.74 Å². The molecule has 104 valence electrons. The molecule has 2 heteroatoms. The molecule has 2 nitrogen and oxygen atoms in total. The van der Waals surface area contributed by atoms with Crippen molar-refractivity contribution in [3.05, 3.63) is 23.8 Å². The Kier molecular flexibility index (Phi) is 3.42. The van der Waals surface area contributed by atoms with Crippen molar-refractivity contribution in [3.63, 3.8) is 0 Å². The number of para-hydroxylation sites is 1. The number of hydrogen-bond donors (Lipinski definition) is 1. The van der Waals surface area contributed by atoms with Gasteiger partial charge in [0.2, 0.25) is 0 Å². The minimum atomic E-state index is 0.372. The minimum Gasteiger partial charge on any atom is -0.491 e. The van der Waals surface area contributed by atoms with Gasteiger partial charge in [-0.2, -0.15) is 0 Å². The molecule has 2 atom stereocenters. The number of benzene rings is 1. The molecule has 1 aromatic carbocycles. The van der Waals surface area contributed by atoms with E-state index in [1.165, 1.54) is 43.4 Å². The van der Waals surface area contributed by atoms with Gasteiger partial charge in [0.05, 0.1) is 12.3 Å². The highest BCUT2D eigenvalue weighted by Gasteiger charge is 2.33. The van der Waals surface area contributed by atoms with E-state index in [2.05, 4.69) is 37.4 Å². The van der Waals surface area contributed by atoms with Crippen LogP contribution in [0.4, 0.5) is 5.69 Å². The standard InChI is InChI=1S/C17H25NO/c1-13-8-9-17(2,11-13)12-19-15-7-3-5-14-6-4-10-18-16(14)15/h3,5,7,13,18H,4,6,8-12H2,1-2H3. The fourth-order valence-electron chi connectivity index (χ4n) is 3.62. The first-order chi connectivity index (χ1) is 9.16. The van der Waals surface area contributed by atoms with E-state index in [9.17, 15) is 0 Å². The molecule has 19 heavy (non-hydrogen) atoms. The predicted octanol–water partition coefficient (Wildman–Crippen LogP) is 4.25. The maximum atomic E-state index is 6.18. The van der Waals surface area contributed by atoms with Crippen molar-refractivity contribution in [3.8, 4) is 5.75 Å². The van der Waals surface area contributed by atoms with Crippen LogP contribution in [-0.2, 0) is 6.42 Å². The molecule has 3 rings (SSSR count). The quantitative estimate of drug-likeness (QED) is 0.876. The van der Waals surface area contributed by atoms with E-state index < -0.39 is 0 Å². The average molecular weight is 259 g/mol. The van der Waals surface area contributed by atoms with E-state index in [1.54, 1.807) is 0 Å². The molecule has 0 radical (unpaired) electrons. The SMILES string of the molecule is CC1CCC(C)(COc2cccc3c2NCCC3)C1. The van der Waals surface area contributed by atoms with Crippen LogP contribution in [0.3, 0.4) is 0 Å². The lowest BCUT2D eigenvalue weighted by Crippen LogP contribution is -2.23. The monoisotopic (exact) mass is 259 g/mol. The second kappa shape index (κ2) is 5.07. The smallest absolute Gasteiger partial charge is 0.142 e. The molecule has 0 aromatic heterocycles. The summed E-state index contributed by atoms with van der Waals surface area (Å²) in [6.07, 6.45) is 6.36. The third-order valence-corrected chi connectivity index (χ3v) is 4.70. The zero-order valence-corrected chi connectivity index (χ0v) is 12.2. The molecule has 1 N–H and O–H groups in total. The molecule has 2 aliphatic rings. The molecule has 0 saturated heterocycles. The first-order valence-electron chi connectivity index (χ1n) is 7.65. The van der Waals surface area contributed by atoms with Crippen LogP contribution in [0.15, 0.2) is 18.2 Å². The van der Waals surface area contributed by atoms with Gasteiger partial charge in [-0.05, 0) is 43.2 Å². The van der Waals surface area contributed by atoms with E-state index in [1.807, 2.05) is 0 Å². The molecule has 1 aromatic rings. The van der Waals surface area contributed by atoms with Crippen molar-refractivity contribution in [1.29, 1.82) is 0 Å². The molecular formula is C17H25NO. The Morgan fingerprint density at radius 1 is 1.42 bits per heavy atom. The van der Waals surface area contributed by atoms with Crippen LogP contribution in [0.25, 0.3) is 0 Å². The van der Waals surface area contributed by atoms with Crippen LogP contribution >= 0.6 is 0 Å². The number of ether oxygens (including phenoxy) is 1. The van der Waals surface area contributed by atoms with E-state index in [0.29, 0.717) is 5.41 Å². The van der Waals surface area contributed by atoms with Crippen LogP contribution < -0.4 is 10.1 Å². The lowest BCUT2D eigenvalue weighted by molar-refractivity contribution is 0.164. The van der Waals surface area contributed by atoms with Crippen LogP contribution in [-0.4, -0.2) is 13.2 Å². The molecule has 1 heterocycles. The average Bonchev–Trinajstić information content (AvgIpc) is 2.77. The number of nitrogens with one attached hydrogen (secondary N) is 1. The topological polar surface area (TPSA) is 21.3 Å². The Balaban J connectivity index is 1.70. The maximum absolute atomic E-state index is 6.18. The third kappa shape index (κ3) is 2.72. The highest BCUT2D eigenvalue weighted by Crippen LogP contribution is 2.42. The summed E-state index contributed by atoms with van der Waals surface area (Å²) in [6.45, 7) is 6.66. The van der Waals surface area contributed by atoms with Gasteiger partial charge in [0.25, 0.3) is 0 Å². The van der Waals surface area contributed by atoms with Crippen LogP contribution in [0.2, 0.25) is 0 Å². The largest absolute Gasteiger partial charge is 0.491 e. The maximum Gasteiger partial charge on any atom is 0.142 e. The summed E-state index contributed by atoms with van der Waals surface area (Å²) < 4.78 is 6.18. The zero-order chi connectivity index (χ0) is 13.3. The van der Waals surface area contributed by atoms with Crippen molar-refractivity contribution in [2.75, 3.05) is 18.5 Å². The normalized spacial score (nSPS) is 29.7. The van der Waals surface area contributed by atoms with Crippen molar-refractivity contribution in [2.24, 2.45) is 11.3 Å². The molecule has 0 spiro atoms. The molecule has 1 fully saturated rings. The van der Waals surface area contributed by atoms with Crippen LogP contribution in [0.1, 0.15) is 45.1 Å². The number of rotatable bonds is 3. The van der Waals surface area contributed by atoms with Gasteiger partial charge in [0, 0.05) is 12.0 Å². The van der Waals surface area contributed by atoms with Gasteiger partial charge in [0.1, 0.15) is 5.75 Å². The molecule has 0 amide bonds. The Bertz CT molecular complexity index is 457. The van der Waals surface area contributed by atoms with Gasteiger partial charge < -0.3 is 10.1 Å².